The second-order valence-corrected chi connectivity index (χ2v) is 7.58. The Morgan fingerprint density at radius 2 is 1.75 bits per heavy atom. The fourth-order valence-corrected chi connectivity index (χ4v) is 2.43. The maximum absolute atomic E-state index is 12.1. The van der Waals surface area contributed by atoms with E-state index in [0.717, 1.165) is 5.56 Å². The quantitative estimate of drug-likeness (QED) is 0.595. The number of nitrogens with one attached hydrogen (secondary N) is 1. The topological polar surface area (TPSA) is 72.5 Å². The normalized spacial score (nSPS) is 11.0. The van der Waals surface area contributed by atoms with Crippen LogP contribution in [0.2, 0.25) is 0 Å². The summed E-state index contributed by atoms with van der Waals surface area (Å²) in [4.78, 5) is 34.5. The van der Waals surface area contributed by atoms with Gasteiger partial charge in [0.25, 0.3) is 0 Å². The second-order valence-electron chi connectivity index (χ2n) is 6.43. The van der Waals surface area contributed by atoms with Crippen LogP contribution in [0.25, 0.3) is 0 Å². The molecule has 0 bridgehead atoms. The molecule has 1 amide bonds. The van der Waals surface area contributed by atoms with Gasteiger partial charge in [-0.25, -0.2) is 4.79 Å². The Morgan fingerprint density at radius 1 is 1.12 bits per heavy atom. The molecule has 0 fully saturated rings. The fourth-order valence-electron chi connectivity index (χ4n) is 1.87. The van der Waals surface area contributed by atoms with Crippen LogP contribution in [-0.4, -0.2) is 29.1 Å². The maximum atomic E-state index is 12.1. The average molecular weight is 351 g/mol. The number of carbonyl (C=O) groups excluding carboxylic acids is 3. The Balaban J connectivity index is 2.32. The summed E-state index contributed by atoms with van der Waals surface area (Å²) >= 11 is 1.25. The molecular weight excluding hydrogens is 326 g/mol. The number of Topliss-reactive ketones (excluding diaryl/α,β-unsaturated/α-hetero) is 1. The van der Waals surface area contributed by atoms with Gasteiger partial charge < -0.3 is 10.1 Å². The van der Waals surface area contributed by atoms with Crippen molar-refractivity contribution in [3.63, 3.8) is 0 Å². The van der Waals surface area contributed by atoms with E-state index in [1.165, 1.54) is 18.7 Å². The number of rotatable bonds is 7. The van der Waals surface area contributed by atoms with E-state index in [1.54, 1.807) is 32.9 Å². The lowest BCUT2D eigenvalue weighted by atomic mass is 10.1. The van der Waals surface area contributed by atoms with Crippen LogP contribution in [0.15, 0.2) is 24.3 Å². The second kappa shape index (κ2) is 9.47. The predicted molar refractivity (Wildman–Crippen MR) is 96.2 cm³/mol. The van der Waals surface area contributed by atoms with Crippen LogP contribution in [0.4, 0.5) is 4.79 Å². The molecule has 0 radical (unpaired) electrons. The van der Waals surface area contributed by atoms with Crippen molar-refractivity contribution in [3.8, 4) is 0 Å². The van der Waals surface area contributed by atoms with E-state index in [0.29, 0.717) is 30.7 Å². The third-order valence-corrected chi connectivity index (χ3v) is 3.85. The van der Waals surface area contributed by atoms with Gasteiger partial charge in [-0.1, -0.05) is 36.0 Å². The summed E-state index contributed by atoms with van der Waals surface area (Å²) in [5, 5.41) is 2.71. The molecule has 24 heavy (non-hydrogen) atoms. The molecule has 0 unspecified atom stereocenters. The van der Waals surface area contributed by atoms with Crippen molar-refractivity contribution in [3.05, 3.63) is 35.4 Å². The van der Waals surface area contributed by atoms with Crippen molar-refractivity contribution in [2.24, 2.45) is 0 Å². The molecule has 0 aliphatic carbocycles. The van der Waals surface area contributed by atoms with Crippen molar-refractivity contribution in [2.45, 2.75) is 51.9 Å². The Morgan fingerprint density at radius 3 is 2.29 bits per heavy atom. The zero-order chi connectivity index (χ0) is 18.2. The van der Waals surface area contributed by atoms with Crippen LogP contribution >= 0.6 is 11.8 Å². The van der Waals surface area contributed by atoms with Crippen LogP contribution in [0.5, 0.6) is 0 Å². The minimum absolute atomic E-state index is 0.0340. The highest BCUT2D eigenvalue weighted by Crippen LogP contribution is 2.15. The highest BCUT2D eigenvalue weighted by Gasteiger charge is 2.15. The van der Waals surface area contributed by atoms with Crippen molar-refractivity contribution >= 4 is 28.8 Å². The van der Waals surface area contributed by atoms with E-state index in [1.807, 2.05) is 12.1 Å². The molecule has 0 aliphatic rings. The van der Waals surface area contributed by atoms with Crippen molar-refractivity contribution < 1.29 is 19.1 Å². The van der Waals surface area contributed by atoms with Gasteiger partial charge in [0, 0.05) is 31.2 Å². The number of hydrogen-bond acceptors (Lipinski definition) is 5. The van der Waals surface area contributed by atoms with Crippen molar-refractivity contribution in [1.82, 2.24) is 5.32 Å². The summed E-state index contributed by atoms with van der Waals surface area (Å²) in [5.74, 6) is 0.649. The highest BCUT2D eigenvalue weighted by molar-refractivity contribution is 8.12. The van der Waals surface area contributed by atoms with E-state index < -0.39 is 11.7 Å². The highest BCUT2D eigenvalue weighted by atomic mass is 32.2. The number of carbonyl (C=O) groups is 3. The van der Waals surface area contributed by atoms with Gasteiger partial charge >= 0.3 is 6.09 Å². The van der Waals surface area contributed by atoms with Crippen molar-refractivity contribution in [2.75, 3.05) is 6.54 Å². The van der Waals surface area contributed by atoms with Gasteiger partial charge in [0.1, 0.15) is 5.60 Å². The molecule has 1 aromatic carbocycles. The van der Waals surface area contributed by atoms with Crippen molar-refractivity contribution in [1.29, 1.82) is 0 Å². The number of alkyl carbamates (subject to hydrolysis) is 1. The SMILES string of the molecule is CC(=O)SCc1ccc(C(=O)CCCNC(=O)OC(C)(C)C)cc1. The van der Waals surface area contributed by atoms with Gasteiger partial charge in [-0.05, 0) is 32.8 Å². The van der Waals surface area contributed by atoms with Crippen LogP contribution in [0.3, 0.4) is 0 Å². The molecule has 0 saturated carbocycles. The molecule has 0 heterocycles. The first-order chi connectivity index (χ1) is 11.2. The minimum atomic E-state index is -0.525. The third-order valence-electron chi connectivity index (χ3n) is 2.97. The Bertz CT molecular complexity index is 576. The summed E-state index contributed by atoms with van der Waals surface area (Å²) in [5.41, 5.74) is 1.13. The third kappa shape index (κ3) is 8.72. The van der Waals surface area contributed by atoms with Crippen LogP contribution in [0.1, 0.15) is 56.5 Å². The zero-order valence-corrected chi connectivity index (χ0v) is 15.5. The Hall–Kier alpha value is -1.82. The van der Waals surface area contributed by atoms with Gasteiger partial charge in [-0.2, -0.15) is 0 Å². The molecule has 1 aromatic rings. The molecule has 0 aliphatic heterocycles. The minimum Gasteiger partial charge on any atom is -0.444 e. The summed E-state index contributed by atoms with van der Waals surface area (Å²) in [7, 11) is 0. The van der Waals surface area contributed by atoms with Crippen LogP contribution in [-0.2, 0) is 15.3 Å². The Kier molecular flexibility index (Phi) is 7.98. The first-order valence-electron chi connectivity index (χ1n) is 7.90. The van der Waals surface area contributed by atoms with E-state index in [2.05, 4.69) is 5.32 Å². The molecule has 132 valence electrons. The molecule has 0 atom stereocenters. The molecule has 0 saturated heterocycles. The molecule has 1 rings (SSSR count). The van der Waals surface area contributed by atoms with Gasteiger partial charge in [0.15, 0.2) is 10.9 Å². The number of ketones is 1. The fraction of sp³-hybridized carbons (Fsp3) is 0.500. The zero-order valence-electron chi connectivity index (χ0n) is 14.7. The molecule has 0 spiro atoms. The van der Waals surface area contributed by atoms with Crippen LogP contribution in [0, 0.1) is 0 Å². The van der Waals surface area contributed by atoms with Gasteiger partial charge in [0.2, 0.25) is 0 Å². The predicted octanol–water partition coefficient (Wildman–Crippen LogP) is 3.95. The number of benzene rings is 1. The van der Waals surface area contributed by atoms with Gasteiger partial charge in [-0.3, -0.25) is 9.59 Å². The van der Waals surface area contributed by atoms with E-state index in [9.17, 15) is 14.4 Å². The van der Waals surface area contributed by atoms with Crippen LogP contribution < -0.4 is 5.32 Å². The average Bonchev–Trinajstić information content (AvgIpc) is 2.48. The molecule has 5 nitrogen and oxygen atoms in total. The lowest BCUT2D eigenvalue weighted by Crippen LogP contribution is -2.33. The summed E-state index contributed by atoms with van der Waals surface area (Å²) in [6.45, 7) is 7.33. The molecule has 1 N–H and O–H groups in total. The molecular formula is C18H25NO4S. The Labute approximate surface area is 147 Å². The van der Waals surface area contributed by atoms with Gasteiger partial charge in [-0.15, -0.1) is 0 Å². The molecule has 6 heteroatoms. The number of ether oxygens (including phenoxy) is 1. The summed E-state index contributed by atoms with van der Waals surface area (Å²) < 4.78 is 5.12. The first-order valence-corrected chi connectivity index (χ1v) is 8.88. The summed E-state index contributed by atoms with van der Waals surface area (Å²) in [6.07, 6.45) is 0.444. The van der Waals surface area contributed by atoms with E-state index >= 15 is 0 Å². The largest absolute Gasteiger partial charge is 0.444 e. The molecule has 0 aromatic heterocycles. The number of amides is 1. The lowest BCUT2D eigenvalue weighted by Gasteiger charge is -2.19. The van der Waals surface area contributed by atoms with Gasteiger partial charge in [0.05, 0.1) is 0 Å². The maximum Gasteiger partial charge on any atom is 0.407 e. The first kappa shape index (κ1) is 20.2. The standard InChI is InChI=1S/C18H25NO4S/c1-13(20)24-12-14-7-9-15(10-8-14)16(21)6-5-11-19-17(22)23-18(2,3)4/h7-10H,5-6,11-12H2,1-4H3,(H,19,22). The summed E-state index contributed by atoms with van der Waals surface area (Å²) in [6, 6.07) is 7.28. The smallest absolute Gasteiger partial charge is 0.407 e. The monoisotopic (exact) mass is 351 g/mol. The van der Waals surface area contributed by atoms with E-state index in [-0.39, 0.29) is 10.9 Å². The lowest BCUT2D eigenvalue weighted by molar-refractivity contribution is -0.109. The number of hydrogen-bond donors (Lipinski definition) is 1. The van der Waals surface area contributed by atoms with E-state index in [4.69, 9.17) is 4.74 Å². The number of thioether (sulfide) groups is 1.